The van der Waals surface area contributed by atoms with Crippen LogP contribution in [0.3, 0.4) is 0 Å². The van der Waals surface area contributed by atoms with E-state index in [1.165, 1.54) is 6.42 Å². The molecule has 1 heterocycles. The fourth-order valence-corrected chi connectivity index (χ4v) is 2.90. The first-order chi connectivity index (χ1) is 9.97. The maximum Gasteiger partial charge on any atom is 0.320 e. The van der Waals surface area contributed by atoms with Crippen LogP contribution in [0.2, 0.25) is 0 Å². The number of piperidine rings is 1. The van der Waals surface area contributed by atoms with Gasteiger partial charge in [-0.25, -0.2) is 4.79 Å². The molecule has 1 atom stereocenters. The van der Waals surface area contributed by atoms with Crippen molar-refractivity contribution in [2.45, 2.75) is 46.2 Å². The van der Waals surface area contributed by atoms with E-state index in [0.29, 0.717) is 12.5 Å². The van der Waals surface area contributed by atoms with Gasteiger partial charge in [0.25, 0.3) is 0 Å². The molecule has 0 spiro atoms. The predicted octanol–water partition coefficient (Wildman–Crippen LogP) is 3.33. The van der Waals surface area contributed by atoms with Crippen LogP contribution in [-0.2, 0) is 6.54 Å². The monoisotopic (exact) mass is 289 g/mol. The largest absolute Gasteiger partial charge is 0.399 e. The van der Waals surface area contributed by atoms with Crippen molar-refractivity contribution in [1.82, 2.24) is 9.80 Å². The van der Waals surface area contributed by atoms with Crippen LogP contribution in [0.5, 0.6) is 0 Å². The Bertz CT molecular complexity index is 487. The van der Waals surface area contributed by atoms with Gasteiger partial charge in [-0.3, -0.25) is 0 Å². The van der Waals surface area contributed by atoms with Gasteiger partial charge in [0, 0.05) is 31.4 Å². The molecule has 0 radical (unpaired) electrons. The molecular formula is C17H27N3O. The Labute approximate surface area is 127 Å². The summed E-state index contributed by atoms with van der Waals surface area (Å²) in [6.45, 7) is 8.72. The lowest BCUT2D eigenvalue weighted by Crippen LogP contribution is -2.49. The van der Waals surface area contributed by atoms with E-state index in [1.54, 1.807) is 0 Å². The van der Waals surface area contributed by atoms with Crippen LogP contribution in [0.1, 0.15) is 39.2 Å². The molecule has 1 aliphatic rings. The molecule has 2 N–H and O–H groups in total. The Morgan fingerprint density at radius 3 is 2.86 bits per heavy atom. The van der Waals surface area contributed by atoms with Crippen LogP contribution in [0, 0.1) is 5.92 Å². The van der Waals surface area contributed by atoms with Crippen LogP contribution >= 0.6 is 0 Å². The molecule has 1 fully saturated rings. The number of benzene rings is 1. The highest BCUT2D eigenvalue weighted by atomic mass is 16.2. The van der Waals surface area contributed by atoms with Gasteiger partial charge in [-0.05, 0) is 50.3 Å². The summed E-state index contributed by atoms with van der Waals surface area (Å²) in [5, 5.41) is 0. The number of anilines is 1. The van der Waals surface area contributed by atoms with E-state index in [2.05, 4.69) is 20.8 Å². The number of urea groups is 1. The zero-order valence-corrected chi connectivity index (χ0v) is 13.4. The zero-order valence-electron chi connectivity index (χ0n) is 13.4. The number of hydrogen-bond acceptors (Lipinski definition) is 2. The Morgan fingerprint density at radius 2 is 2.24 bits per heavy atom. The van der Waals surface area contributed by atoms with Crippen molar-refractivity contribution in [3.63, 3.8) is 0 Å². The Kier molecular flexibility index (Phi) is 5.10. The molecule has 0 aliphatic carbocycles. The summed E-state index contributed by atoms with van der Waals surface area (Å²) >= 11 is 0. The van der Waals surface area contributed by atoms with E-state index >= 15 is 0 Å². The number of amides is 2. The number of hydrogen-bond donors (Lipinski definition) is 1. The summed E-state index contributed by atoms with van der Waals surface area (Å²) in [4.78, 5) is 16.7. The predicted molar refractivity (Wildman–Crippen MR) is 86.9 cm³/mol. The normalized spacial score (nSPS) is 18.9. The summed E-state index contributed by atoms with van der Waals surface area (Å²) < 4.78 is 0. The smallest absolute Gasteiger partial charge is 0.320 e. The number of rotatable bonds is 3. The lowest BCUT2D eigenvalue weighted by atomic mass is 10.0. The van der Waals surface area contributed by atoms with E-state index in [4.69, 9.17) is 5.73 Å². The summed E-state index contributed by atoms with van der Waals surface area (Å²) in [5.74, 6) is 0.601. The first-order valence-corrected chi connectivity index (χ1v) is 7.87. The minimum absolute atomic E-state index is 0.152. The molecule has 4 heteroatoms. The Morgan fingerprint density at radius 1 is 1.48 bits per heavy atom. The van der Waals surface area contributed by atoms with E-state index in [-0.39, 0.29) is 12.1 Å². The third kappa shape index (κ3) is 4.13. The van der Waals surface area contributed by atoms with Crippen LogP contribution < -0.4 is 5.73 Å². The van der Waals surface area contributed by atoms with Gasteiger partial charge in [0.05, 0.1) is 0 Å². The molecular weight excluding hydrogens is 262 g/mol. The van der Waals surface area contributed by atoms with Gasteiger partial charge in [-0.1, -0.05) is 19.1 Å². The SMILES string of the molecule is CC1CCCN(C(=O)N(Cc2cccc(N)c2)C(C)C)C1. The van der Waals surface area contributed by atoms with Crippen molar-refractivity contribution in [2.24, 2.45) is 5.92 Å². The van der Waals surface area contributed by atoms with Crippen LogP contribution in [0.25, 0.3) is 0 Å². The Hall–Kier alpha value is -1.71. The van der Waals surface area contributed by atoms with E-state index in [1.807, 2.05) is 34.1 Å². The average molecular weight is 289 g/mol. The zero-order chi connectivity index (χ0) is 15.4. The minimum atomic E-state index is 0.152. The van der Waals surface area contributed by atoms with Crippen molar-refractivity contribution < 1.29 is 4.79 Å². The highest BCUT2D eigenvalue weighted by Crippen LogP contribution is 2.19. The van der Waals surface area contributed by atoms with Crippen molar-refractivity contribution >= 4 is 11.7 Å². The Balaban J connectivity index is 2.09. The number of nitrogens with two attached hydrogens (primary N) is 1. The van der Waals surface area contributed by atoms with E-state index in [9.17, 15) is 4.79 Å². The molecule has 0 saturated carbocycles. The lowest BCUT2D eigenvalue weighted by Gasteiger charge is -2.37. The summed E-state index contributed by atoms with van der Waals surface area (Å²) in [7, 11) is 0. The topological polar surface area (TPSA) is 49.6 Å². The molecule has 2 amide bonds. The van der Waals surface area contributed by atoms with E-state index in [0.717, 1.165) is 30.8 Å². The maximum atomic E-state index is 12.8. The molecule has 0 bridgehead atoms. The number of carbonyl (C=O) groups excluding carboxylic acids is 1. The summed E-state index contributed by atoms with van der Waals surface area (Å²) in [6, 6.07) is 8.11. The number of likely N-dealkylation sites (tertiary alicyclic amines) is 1. The summed E-state index contributed by atoms with van der Waals surface area (Å²) in [5.41, 5.74) is 7.66. The minimum Gasteiger partial charge on any atom is -0.399 e. The first kappa shape index (κ1) is 15.7. The highest BCUT2D eigenvalue weighted by molar-refractivity contribution is 5.75. The van der Waals surface area contributed by atoms with Gasteiger partial charge in [-0.2, -0.15) is 0 Å². The molecule has 4 nitrogen and oxygen atoms in total. The molecule has 2 rings (SSSR count). The average Bonchev–Trinajstić information content (AvgIpc) is 2.44. The van der Waals surface area contributed by atoms with Crippen LogP contribution in [0.4, 0.5) is 10.5 Å². The second-order valence-electron chi connectivity index (χ2n) is 6.44. The van der Waals surface area contributed by atoms with Crippen molar-refractivity contribution in [3.05, 3.63) is 29.8 Å². The number of nitrogen functional groups attached to an aromatic ring is 1. The van der Waals surface area contributed by atoms with E-state index < -0.39 is 0 Å². The number of nitrogens with zero attached hydrogens (tertiary/aromatic N) is 2. The van der Waals surface area contributed by atoms with Crippen molar-refractivity contribution in [3.8, 4) is 0 Å². The molecule has 116 valence electrons. The van der Waals surface area contributed by atoms with Gasteiger partial charge in [0.15, 0.2) is 0 Å². The molecule has 0 aromatic heterocycles. The second kappa shape index (κ2) is 6.83. The second-order valence-corrected chi connectivity index (χ2v) is 6.44. The fourth-order valence-electron chi connectivity index (χ4n) is 2.90. The first-order valence-electron chi connectivity index (χ1n) is 7.87. The maximum absolute atomic E-state index is 12.8. The lowest BCUT2D eigenvalue weighted by molar-refractivity contribution is 0.117. The van der Waals surface area contributed by atoms with Gasteiger partial charge in [0.2, 0.25) is 0 Å². The van der Waals surface area contributed by atoms with Crippen molar-refractivity contribution in [1.29, 1.82) is 0 Å². The third-order valence-corrected chi connectivity index (χ3v) is 4.10. The van der Waals surface area contributed by atoms with Crippen LogP contribution in [0.15, 0.2) is 24.3 Å². The molecule has 1 saturated heterocycles. The van der Waals surface area contributed by atoms with Gasteiger partial charge in [0.1, 0.15) is 0 Å². The van der Waals surface area contributed by atoms with Gasteiger partial charge >= 0.3 is 6.03 Å². The van der Waals surface area contributed by atoms with Gasteiger partial charge < -0.3 is 15.5 Å². The molecule has 1 aromatic carbocycles. The van der Waals surface area contributed by atoms with Gasteiger partial charge in [-0.15, -0.1) is 0 Å². The van der Waals surface area contributed by atoms with Crippen molar-refractivity contribution in [2.75, 3.05) is 18.8 Å². The molecule has 21 heavy (non-hydrogen) atoms. The molecule has 1 unspecified atom stereocenters. The third-order valence-electron chi connectivity index (χ3n) is 4.10. The van der Waals surface area contributed by atoms with Crippen LogP contribution in [-0.4, -0.2) is 35.0 Å². The number of carbonyl (C=O) groups is 1. The highest BCUT2D eigenvalue weighted by Gasteiger charge is 2.26. The fraction of sp³-hybridized carbons (Fsp3) is 0.588. The quantitative estimate of drug-likeness (QED) is 0.868. The molecule has 1 aliphatic heterocycles. The molecule has 1 aromatic rings. The standard InChI is InChI=1S/C17H27N3O/c1-13(2)20(12-15-7-4-8-16(18)10-15)17(21)19-9-5-6-14(3)11-19/h4,7-8,10,13-14H,5-6,9,11-12,18H2,1-3H3. The summed E-state index contributed by atoms with van der Waals surface area (Å²) in [6.07, 6.45) is 2.33.